The van der Waals surface area contributed by atoms with Crippen LogP contribution >= 0.6 is 0 Å². The van der Waals surface area contributed by atoms with Crippen molar-refractivity contribution in [3.8, 4) is 11.5 Å². The molecule has 1 unspecified atom stereocenters. The molecule has 10 heteroatoms. The molecule has 2 aromatic heterocycles. The summed E-state index contributed by atoms with van der Waals surface area (Å²) in [5, 5.41) is 43.7. The van der Waals surface area contributed by atoms with Crippen molar-refractivity contribution >= 4 is 22.9 Å². The van der Waals surface area contributed by atoms with E-state index in [4.69, 9.17) is 0 Å². The Morgan fingerprint density at radius 3 is 2.45 bits per heavy atom. The molecule has 0 aliphatic heterocycles. The van der Waals surface area contributed by atoms with E-state index in [1.54, 1.807) is 10.7 Å². The van der Waals surface area contributed by atoms with E-state index in [0.29, 0.717) is 29.5 Å². The second-order valence-corrected chi connectivity index (χ2v) is 7.26. The van der Waals surface area contributed by atoms with Crippen molar-refractivity contribution in [3.05, 3.63) is 23.8 Å². The molecule has 0 fully saturated rings. The van der Waals surface area contributed by atoms with Gasteiger partial charge in [0.2, 0.25) is 5.95 Å². The predicted molar refractivity (Wildman–Crippen MR) is 110 cm³/mol. The average Bonchev–Trinajstić information content (AvgIpc) is 3.11. The summed E-state index contributed by atoms with van der Waals surface area (Å²) in [5.74, 6) is 0.671. The molecule has 0 amide bonds. The Bertz CT molecular complexity index is 989. The molecule has 0 aliphatic rings. The van der Waals surface area contributed by atoms with Crippen LogP contribution in [0.2, 0.25) is 0 Å². The quantitative estimate of drug-likeness (QED) is 0.359. The normalized spacial score (nSPS) is 13.6. The van der Waals surface area contributed by atoms with Crippen molar-refractivity contribution in [2.75, 3.05) is 17.2 Å². The Hall–Kier alpha value is -3.14. The highest BCUT2D eigenvalue weighted by Gasteiger charge is 2.19. The lowest BCUT2D eigenvalue weighted by Crippen LogP contribution is -2.30. The zero-order valence-corrected chi connectivity index (χ0v) is 17.0. The fraction of sp³-hybridized carbons (Fsp3) is 0.474. The molecule has 2 atom stereocenters. The summed E-state index contributed by atoms with van der Waals surface area (Å²) in [4.78, 5) is 9.09. The number of aliphatic hydroxyl groups excluding tert-OH is 1. The number of aliphatic hydroxyl groups is 1. The first kappa shape index (κ1) is 20.6. The van der Waals surface area contributed by atoms with Crippen LogP contribution in [-0.2, 0) is 6.54 Å². The van der Waals surface area contributed by atoms with E-state index in [0.717, 1.165) is 5.56 Å². The van der Waals surface area contributed by atoms with Crippen LogP contribution in [0.1, 0.15) is 39.3 Å². The molecular weight excluding hydrogens is 374 g/mol. The summed E-state index contributed by atoms with van der Waals surface area (Å²) < 4.78 is 1.67. The van der Waals surface area contributed by atoms with Crippen molar-refractivity contribution in [2.24, 2.45) is 5.92 Å². The first-order chi connectivity index (χ1) is 13.8. The molecule has 0 aliphatic carbocycles. The fourth-order valence-electron chi connectivity index (χ4n) is 2.92. The number of benzene rings is 1. The van der Waals surface area contributed by atoms with Gasteiger partial charge >= 0.3 is 0 Å². The minimum absolute atomic E-state index is 0.0453. The van der Waals surface area contributed by atoms with Crippen LogP contribution in [0, 0.1) is 5.92 Å². The Balaban J connectivity index is 1.98. The van der Waals surface area contributed by atoms with E-state index >= 15 is 0 Å². The van der Waals surface area contributed by atoms with Crippen molar-refractivity contribution in [1.29, 1.82) is 0 Å². The largest absolute Gasteiger partial charge is 0.504 e. The first-order valence-electron chi connectivity index (χ1n) is 9.61. The lowest BCUT2D eigenvalue weighted by atomic mass is 10.1. The molecule has 0 saturated heterocycles. The van der Waals surface area contributed by atoms with Crippen molar-refractivity contribution in [3.63, 3.8) is 0 Å². The third-order valence-electron chi connectivity index (χ3n) is 4.83. The van der Waals surface area contributed by atoms with Gasteiger partial charge in [0.15, 0.2) is 28.5 Å². The molecule has 156 valence electrons. The van der Waals surface area contributed by atoms with Gasteiger partial charge in [-0.05, 0) is 37.5 Å². The van der Waals surface area contributed by atoms with Gasteiger partial charge < -0.3 is 26.0 Å². The van der Waals surface area contributed by atoms with Gasteiger partial charge in [0, 0.05) is 6.54 Å². The second kappa shape index (κ2) is 8.48. The van der Waals surface area contributed by atoms with Gasteiger partial charge in [-0.15, -0.1) is 5.10 Å². The zero-order valence-electron chi connectivity index (χ0n) is 17.0. The molecule has 0 bridgehead atoms. The number of phenols is 2. The summed E-state index contributed by atoms with van der Waals surface area (Å²) in [5.41, 5.74) is 1.87. The summed E-state index contributed by atoms with van der Waals surface area (Å²) in [6, 6.07) is 4.21. The molecule has 5 N–H and O–H groups in total. The smallest absolute Gasteiger partial charge is 0.227 e. The zero-order chi connectivity index (χ0) is 21.1. The number of nitrogens with one attached hydrogen (secondary N) is 2. The van der Waals surface area contributed by atoms with Crippen LogP contribution in [0.4, 0.5) is 11.8 Å². The van der Waals surface area contributed by atoms with Gasteiger partial charge in [-0.1, -0.05) is 25.1 Å². The highest BCUT2D eigenvalue weighted by atomic mass is 16.3. The first-order valence-corrected chi connectivity index (χ1v) is 9.61. The van der Waals surface area contributed by atoms with Gasteiger partial charge in [0.25, 0.3) is 0 Å². The number of hydrogen-bond acceptors (Lipinski definition) is 9. The van der Waals surface area contributed by atoms with Crippen LogP contribution in [0.3, 0.4) is 0 Å². The SMILES string of the molecule is CCn1nnc2c(NC(C)c3ccc(O)c(O)c3)nc(N[C@@H](CO)C(C)C)nc21. The van der Waals surface area contributed by atoms with Crippen LogP contribution in [-0.4, -0.2) is 52.9 Å². The van der Waals surface area contributed by atoms with E-state index in [1.165, 1.54) is 12.1 Å². The minimum Gasteiger partial charge on any atom is -0.504 e. The molecule has 2 heterocycles. The summed E-state index contributed by atoms with van der Waals surface area (Å²) >= 11 is 0. The molecule has 3 aromatic rings. The maximum atomic E-state index is 9.78. The summed E-state index contributed by atoms with van der Waals surface area (Å²) in [7, 11) is 0. The molecule has 29 heavy (non-hydrogen) atoms. The van der Waals surface area contributed by atoms with E-state index in [2.05, 4.69) is 30.9 Å². The van der Waals surface area contributed by atoms with E-state index in [9.17, 15) is 15.3 Å². The Kier molecular flexibility index (Phi) is 6.02. The number of aryl methyl sites for hydroxylation is 1. The van der Waals surface area contributed by atoms with E-state index < -0.39 is 0 Å². The predicted octanol–water partition coefficient (Wildman–Crippen LogP) is 2.25. The van der Waals surface area contributed by atoms with Gasteiger partial charge in [-0.3, -0.25) is 0 Å². The maximum absolute atomic E-state index is 9.78. The number of hydrogen-bond donors (Lipinski definition) is 5. The molecule has 10 nitrogen and oxygen atoms in total. The highest BCUT2D eigenvalue weighted by Crippen LogP contribution is 2.30. The topological polar surface area (TPSA) is 141 Å². The monoisotopic (exact) mass is 401 g/mol. The van der Waals surface area contributed by atoms with Gasteiger partial charge in [-0.25, -0.2) is 4.68 Å². The van der Waals surface area contributed by atoms with Gasteiger partial charge in [0.1, 0.15) is 0 Å². The third kappa shape index (κ3) is 4.32. The molecule has 0 saturated carbocycles. The van der Waals surface area contributed by atoms with Gasteiger partial charge in [0.05, 0.1) is 18.7 Å². The van der Waals surface area contributed by atoms with Gasteiger partial charge in [-0.2, -0.15) is 9.97 Å². The maximum Gasteiger partial charge on any atom is 0.227 e. The minimum atomic E-state index is -0.238. The number of nitrogens with zero attached hydrogens (tertiary/aromatic N) is 5. The van der Waals surface area contributed by atoms with Crippen molar-refractivity contribution in [1.82, 2.24) is 25.0 Å². The number of fused-ring (bicyclic) bond motifs is 1. The number of aromatic hydroxyl groups is 2. The van der Waals surface area contributed by atoms with Crippen LogP contribution in [0.5, 0.6) is 11.5 Å². The standard InChI is InChI=1S/C19H27N7O3/c1-5-26-18-16(24-25-26)17(22-19(23-18)21-13(9-27)10(2)3)20-11(4)12-6-7-14(28)15(29)8-12/h6-8,10-11,13,27-29H,5,9H2,1-4H3,(H2,20,21,22,23)/t11?,13-/m0/s1. The average molecular weight is 401 g/mol. The second-order valence-electron chi connectivity index (χ2n) is 7.26. The highest BCUT2D eigenvalue weighted by molar-refractivity contribution is 5.83. The number of aromatic nitrogens is 5. The number of rotatable bonds is 8. The lowest BCUT2D eigenvalue weighted by Gasteiger charge is -2.21. The van der Waals surface area contributed by atoms with Crippen LogP contribution in [0.25, 0.3) is 11.2 Å². The fourth-order valence-corrected chi connectivity index (χ4v) is 2.92. The number of anilines is 2. The Morgan fingerprint density at radius 2 is 1.83 bits per heavy atom. The Morgan fingerprint density at radius 1 is 1.07 bits per heavy atom. The summed E-state index contributed by atoms with van der Waals surface area (Å²) in [6.45, 7) is 8.41. The van der Waals surface area contributed by atoms with E-state index in [-0.39, 0.29) is 36.1 Å². The third-order valence-corrected chi connectivity index (χ3v) is 4.83. The molecular formula is C19H27N7O3. The molecule has 0 radical (unpaired) electrons. The Labute approximate surface area is 168 Å². The lowest BCUT2D eigenvalue weighted by molar-refractivity contribution is 0.248. The van der Waals surface area contributed by atoms with Crippen LogP contribution in [0.15, 0.2) is 18.2 Å². The molecule has 0 spiro atoms. The van der Waals surface area contributed by atoms with E-state index in [1.807, 2.05) is 27.7 Å². The molecule has 1 aromatic carbocycles. The van der Waals surface area contributed by atoms with Crippen molar-refractivity contribution < 1.29 is 15.3 Å². The van der Waals surface area contributed by atoms with Crippen LogP contribution < -0.4 is 10.6 Å². The number of phenolic OH excluding ortho intramolecular Hbond substituents is 2. The summed E-state index contributed by atoms with van der Waals surface area (Å²) in [6.07, 6.45) is 0. The van der Waals surface area contributed by atoms with Crippen molar-refractivity contribution in [2.45, 2.75) is 46.3 Å². The molecule has 3 rings (SSSR count).